The van der Waals surface area contributed by atoms with Gasteiger partial charge in [0, 0.05) is 13.2 Å². The fourth-order valence-electron chi connectivity index (χ4n) is 1.97. The van der Waals surface area contributed by atoms with Crippen molar-refractivity contribution >= 4 is 46.2 Å². The number of thiocarbonyl (C=S) groups is 1. The van der Waals surface area contributed by atoms with Crippen LogP contribution in [0.5, 0.6) is 0 Å². The second-order valence-electron chi connectivity index (χ2n) is 4.78. The first kappa shape index (κ1) is 16.5. The molecule has 0 aromatic heterocycles. The second kappa shape index (κ2) is 7.94. The molecular formula is C14H17Cl2N3OS. The Hall–Kier alpha value is -0.880. The quantitative estimate of drug-likeness (QED) is 0.499. The van der Waals surface area contributed by atoms with Crippen molar-refractivity contribution < 1.29 is 4.74 Å². The zero-order valence-electron chi connectivity index (χ0n) is 11.7. The van der Waals surface area contributed by atoms with Crippen LogP contribution in [0.1, 0.15) is 25.3 Å². The van der Waals surface area contributed by atoms with Gasteiger partial charge in [-0.1, -0.05) is 29.3 Å². The van der Waals surface area contributed by atoms with Crippen LogP contribution >= 0.6 is 35.4 Å². The fourth-order valence-corrected chi connectivity index (χ4v) is 2.40. The van der Waals surface area contributed by atoms with E-state index in [1.807, 2.05) is 13.0 Å². The van der Waals surface area contributed by atoms with E-state index in [2.05, 4.69) is 15.8 Å². The molecule has 0 amide bonds. The van der Waals surface area contributed by atoms with Gasteiger partial charge in [0.25, 0.3) is 0 Å². The number of nitrogens with zero attached hydrogens (tertiary/aromatic N) is 1. The molecule has 114 valence electrons. The van der Waals surface area contributed by atoms with E-state index in [1.54, 1.807) is 12.1 Å². The topological polar surface area (TPSA) is 45.7 Å². The van der Waals surface area contributed by atoms with E-state index in [9.17, 15) is 0 Å². The summed E-state index contributed by atoms with van der Waals surface area (Å²) in [5, 5.41) is 8.83. The van der Waals surface area contributed by atoms with Gasteiger partial charge in [-0.15, -0.1) is 0 Å². The summed E-state index contributed by atoms with van der Waals surface area (Å²) in [5.74, 6) is 0. The third kappa shape index (κ3) is 5.11. The maximum atomic E-state index is 5.98. The Morgan fingerprint density at radius 2 is 2.24 bits per heavy atom. The van der Waals surface area contributed by atoms with E-state index in [4.69, 9.17) is 40.2 Å². The van der Waals surface area contributed by atoms with Gasteiger partial charge in [0.1, 0.15) is 0 Å². The van der Waals surface area contributed by atoms with Gasteiger partial charge in [0.2, 0.25) is 0 Å². The molecule has 0 saturated carbocycles. The lowest BCUT2D eigenvalue weighted by atomic mass is 10.1. The van der Waals surface area contributed by atoms with Crippen molar-refractivity contribution in [2.24, 2.45) is 5.10 Å². The Bertz CT molecular complexity index is 545. The van der Waals surface area contributed by atoms with Crippen molar-refractivity contribution in [3.05, 3.63) is 33.8 Å². The molecule has 7 heteroatoms. The minimum absolute atomic E-state index is 0.241. The Balaban J connectivity index is 1.84. The van der Waals surface area contributed by atoms with Gasteiger partial charge >= 0.3 is 0 Å². The number of hydrogen-bond acceptors (Lipinski definition) is 3. The predicted octanol–water partition coefficient (Wildman–Crippen LogP) is 3.36. The molecule has 0 unspecified atom stereocenters. The number of benzene rings is 1. The second-order valence-corrected chi connectivity index (χ2v) is 6.01. The van der Waals surface area contributed by atoms with Gasteiger partial charge in [0.05, 0.1) is 21.9 Å². The smallest absolute Gasteiger partial charge is 0.187 e. The van der Waals surface area contributed by atoms with Crippen LogP contribution in [0.15, 0.2) is 23.3 Å². The lowest BCUT2D eigenvalue weighted by molar-refractivity contribution is 0.114. The molecule has 1 aliphatic rings. The van der Waals surface area contributed by atoms with E-state index in [-0.39, 0.29) is 6.10 Å². The Labute approximate surface area is 139 Å². The highest BCUT2D eigenvalue weighted by molar-refractivity contribution is 7.80. The molecule has 1 saturated heterocycles. The maximum absolute atomic E-state index is 5.98. The minimum Gasteiger partial charge on any atom is -0.376 e. The monoisotopic (exact) mass is 345 g/mol. The summed E-state index contributed by atoms with van der Waals surface area (Å²) in [4.78, 5) is 0. The highest BCUT2D eigenvalue weighted by Gasteiger charge is 2.15. The third-order valence-corrected chi connectivity index (χ3v) is 4.15. The molecular weight excluding hydrogens is 329 g/mol. The van der Waals surface area contributed by atoms with Crippen molar-refractivity contribution in [3.8, 4) is 0 Å². The number of hydrogen-bond donors (Lipinski definition) is 2. The van der Waals surface area contributed by atoms with Gasteiger partial charge in [-0.25, -0.2) is 0 Å². The van der Waals surface area contributed by atoms with Crippen LogP contribution < -0.4 is 10.7 Å². The van der Waals surface area contributed by atoms with Crippen LogP contribution in [0.2, 0.25) is 10.0 Å². The van der Waals surface area contributed by atoms with Gasteiger partial charge < -0.3 is 10.1 Å². The summed E-state index contributed by atoms with van der Waals surface area (Å²) in [6.45, 7) is 3.41. The first-order valence-corrected chi connectivity index (χ1v) is 7.88. The fraction of sp³-hybridized carbons (Fsp3) is 0.429. The van der Waals surface area contributed by atoms with Gasteiger partial charge in [0.15, 0.2) is 5.11 Å². The van der Waals surface area contributed by atoms with Crippen LogP contribution in [-0.4, -0.2) is 30.1 Å². The largest absolute Gasteiger partial charge is 0.376 e. The number of rotatable bonds is 4. The van der Waals surface area contributed by atoms with Crippen LogP contribution in [0, 0.1) is 0 Å². The Morgan fingerprint density at radius 1 is 1.43 bits per heavy atom. The summed E-state index contributed by atoms with van der Waals surface area (Å²) in [7, 11) is 0. The maximum Gasteiger partial charge on any atom is 0.187 e. The van der Waals surface area contributed by atoms with Crippen molar-refractivity contribution in [2.45, 2.75) is 25.9 Å². The summed E-state index contributed by atoms with van der Waals surface area (Å²) < 4.78 is 5.51. The molecule has 1 aromatic rings. The lowest BCUT2D eigenvalue weighted by Gasteiger charge is -2.12. The average Bonchev–Trinajstić information content (AvgIpc) is 2.98. The van der Waals surface area contributed by atoms with Crippen LogP contribution in [-0.2, 0) is 4.74 Å². The molecule has 0 radical (unpaired) electrons. The van der Waals surface area contributed by atoms with Crippen LogP contribution in [0.25, 0.3) is 0 Å². The SMILES string of the molecule is C/C(=N/NC(=S)NC[C@H]1CCCO1)c1ccc(Cl)c(Cl)c1. The number of nitrogens with one attached hydrogen (secondary N) is 2. The molecule has 1 heterocycles. The summed E-state index contributed by atoms with van der Waals surface area (Å²) in [5.41, 5.74) is 4.48. The van der Waals surface area contributed by atoms with Crippen molar-refractivity contribution in [1.29, 1.82) is 0 Å². The zero-order valence-corrected chi connectivity index (χ0v) is 14.0. The van der Waals surface area contributed by atoms with Gasteiger partial charge in [-0.2, -0.15) is 5.10 Å². The molecule has 0 spiro atoms. The van der Waals surface area contributed by atoms with E-state index < -0.39 is 0 Å². The molecule has 1 aromatic carbocycles. The summed E-state index contributed by atoms with van der Waals surface area (Å²) >= 11 is 17.0. The number of hydrazone groups is 1. The van der Waals surface area contributed by atoms with Gasteiger partial charge in [-0.05, 0) is 49.7 Å². The van der Waals surface area contributed by atoms with Crippen LogP contribution in [0.3, 0.4) is 0 Å². The molecule has 1 aliphatic heterocycles. The molecule has 21 heavy (non-hydrogen) atoms. The molecule has 1 atom stereocenters. The first-order valence-electron chi connectivity index (χ1n) is 6.71. The van der Waals surface area contributed by atoms with Crippen molar-refractivity contribution in [3.63, 3.8) is 0 Å². The predicted molar refractivity (Wildman–Crippen MR) is 91.4 cm³/mol. The van der Waals surface area contributed by atoms with Crippen molar-refractivity contribution in [1.82, 2.24) is 10.7 Å². The van der Waals surface area contributed by atoms with E-state index in [0.717, 1.165) is 30.7 Å². The third-order valence-electron chi connectivity index (χ3n) is 3.18. The zero-order chi connectivity index (χ0) is 15.2. The molecule has 2 N–H and O–H groups in total. The molecule has 0 bridgehead atoms. The van der Waals surface area contributed by atoms with Crippen molar-refractivity contribution in [2.75, 3.05) is 13.2 Å². The summed E-state index contributed by atoms with van der Waals surface area (Å²) in [6, 6.07) is 5.37. The number of ether oxygens (including phenoxy) is 1. The van der Waals surface area contributed by atoms with Crippen LogP contribution in [0.4, 0.5) is 0 Å². The molecule has 2 rings (SSSR count). The highest BCUT2D eigenvalue weighted by Crippen LogP contribution is 2.22. The normalized spacial score (nSPS) is 18.6. The molecule has 1 fully saturated rings. The Kier molecular flexibility index (Phi) is 6.23. The summed E-state index contributed by atoms with van der Waals surface area (Å²) in [6.07, 6.45) is 2.42. The van der Waals surface area contributed by atoms with E-state index >= 15 is 0 Å². The van der Waals surface area contributed by atoms with E-state index in [0.29, 0.717) is 21.7 Å². The number of halogens is 2. The first-order chi connectivity index (χ1) is 10.1. The highest BCUT2D eigenvalue weighted by atomic mass is 35.5. The lowest BCUT2D eigenvalue weighted by Crippen LogP contribution is -2.37. The molecule has 4 nitrogen and oxygen atoms in total. The average molecular weight is 346 g/mol. The molecule has 0 aliphatic carbocycles. The minimum atomic E-state index is 0.241. The standard InChI is InChI=1S/C14H17Cl2N3OS/c1-9(10-4-5-12(15)13(16)7-10)18-19-14(21)17-8-11-3-2-6-20-11/h4-5,7,11H,2-3,6,8H2,1H3,(H2,17,19,21)/b18-9-/t11-/m1/s1. The van der Waals surface area contributed by atoms with E-state index in [1.165, 1.54) is 0 Å². The Morgan fingerprint density at radius 3 is 2.90 bits per heavy atom. The van der Waals surface area contributed by atoms with Gasteiger partial charge in [-0.3, -0.25) is 5.43 Å².